The molecule has 0 bridgehead atoms. The summed E-state index contributed by atoms with van der Waals surface area (Å²) in [5.74, 6) is -0.545. The highest BCUT2D eigenvalue weighted by molar-refractivity contribution is 7.15. The van der Waals surface area contributed by atoms with Gasteiger partial charge >= 0.3 is 0 Å². The first-order chi connectivity index (χ1) is 14.6. The molecular weight excluding hydrogens is 418 g/mol. The number of carbonyl (C=O) groups is 1. The third-order valence-corrected chi connectivity index (χ3v) is 5.31. The van der Waals surface area contributed by atoms with E-state index in [4.69, 9.17) is 11.6 Å². The minimum absolute atomic E-state index is 0.0776. The molecule has 146 valence electrons. The molecule has 30 heavy (non-hydrogen) atoms. The van der Waals surface area contributed by atoms with Crippen LogP contribution in [-0.4, -0.2) is 20.9 Å². The van der Waals surface area contributed by atoms with Gasteiger partial charge in [-0.05, 0) is 35.9 Å². The SMILES string of the molecule is N#CC(=Cc1cnc2ccccc2n1)C(=O)Nc1ncc(Cc2cccc(Cl)c2)s1. The Labute approximate surface area is 181 Å². The Morgan fingerprint density at radius 3 is 2.77 bits per heavy atom. The number of para-hydroxylation sites is 2. The number of rotatable bonds is 5. The van der Waals surface area contributed by atoms with Crippen molar-refractivity contribution in [2.75, 3.05) is 5.32 Å². The van der Waals surface area contributed by atoms with E-state index in [1.54, 1.807) is 6.20 Å². The molecule has 1 amide bonds. The van der Waals surface area contributed by atoms with Crippen molar-refractivity contribution in [3.05, 3.63) is 87.7 Å². The number of aromatic nitrogens is 3. The Hall–Kier alpha value is -3.60. The van der Waals surface area contributed by atoms with E-state index in [1.165, 1.54) is 23.6 Å². The number of nitrogens with zero attached hydrogens (tertiary/aromatic N) is 4. The highest BCUT2D eigenvalue weighted by atomic mass is 35.5. The fraction of sp³-hybridized carbons (Fsp3) is 0.0455. The number of nitrogens with one attached hydrogen (secondary N) is 1. The van der Waals surface area contributed by atoms with Crippen LogP contribution in [0.1, 0.15) is 16.1 Å². The molecule has 0 saturated carbocycles. The highest BCUT2D eigenvalue weighted by Gasteiger charge is 2.13. The van der Waals surface area contributed by atoms with Crippen LogP contribution in [-0.2, 0) is 11.2 Å². The van der Waals surface area contributed by atoms with Gasteiger partial charge in [-0.2, -0.15) is 5.26 Å². The number of thiazole rings is 1. The van der Waals surface area contributed by atoms with Crippen molar-refractivity contribution in [1.29, 1.82) is 5.26 Å². The molecular formula is C22H14ClN5OS. The average molecular weight is 432 g/mol. The molecule has 0 fully saturated rings. The number of benzene rings is 2. The summed E-state index contributed by atoms with van der Waals surface area (Å²) in [7, 11) is 0. The first-order valence-corrected chi connectivity index (χ1v) is 10.1. The Bertz CT molecular complexity index is 1310. The molecule has 2 heterocycles. The first kappa shape index (κ1) is 19.7. The Kier molecular flexibility index (Phi) is 5.80. The maximum atomic E-state index is 12.5. The zero-order valence-electron chi connectivity index (χ0n) is 15.5. The molecule has 2 aromatic carbocycles. The Morgan fingerprint density at radius 2 is 1.97 bits per heavy atom. The lowest BCUT2D eigenvalue weighted by Gasteiger charge is -2.01. The van der Waals surface area contributed by atoms with E-state index in [-0.39, 0.29) is 5.57 Å². The number of fused-ring (bicyclic) bond motifs is 1. The van der Waals surface area contributed by atoms with Gasteiger partial charge < -0.3 is 0 Å². The van der Waals surface area contributed by atoms with Crippen LogP contribution in [0.25, 0.3) is 17.1 Å². The van der Waals surface area contributed by atoms with Crippen molar-refractivity contribution in [2.24, 2.45) is 0 Å². The molecule has 2 aromatic heterocycles. The summed E-state index contributed by atoms with van der Waals surface area (Å²) >= 11 is 7.37. The lowest BCUT2D eigenvalue weighted by atomic mass is 10.1. The fourth-order valence-electron chi connectivity index (χ4n) is 2.80. The lowest BCUT2D eigenvalue weighted by Crippen LogP contribution is -2.13. The molecule has 0 radical (unpaired) electrons. The van der Waals surface area contributed by atoms with Gasteiger partial charge in [0.15, 0.2) is 5.13 Å². The standard InChI is InChI=1S/C22H14ClN5OS/c23-16-5-3-4-14(8-16)9-18-13-26-22(30-18)28-21(29)15(11-24)10-17-12-25-19-6-1-2-7-20(19)27-17/h1-8,10,12-13H,9H2,(H,26,28,29). The lowest BCUT2D eigenvalue weighted by molar-refractivity contribution is -0.112. The zero-order chi connectivity index (χ0) is 20.9. The van der Waals surface area contributed by atoms with E-state index in [0.29, 0.717) is 27.8 Å². The van der Waals surface area contributed by atoms with E-state index in [0.717, 1.165) is 16.0 Å². The van der Waals surface area contributed by atoms with Crippen molar-refractivity contribution in [1.82, 2.24) is 15.0 Å². The summed E-state index contributed by atoms with van der Waals surface area (Å²) < 4.78 is 0. The topological polar surface area (TPSA) is 91.6 Å². The minimum Gasteiger partial charge on any atom is -0.297 e. The van der Waals surface area contributed by atoms with Gasteiger partial charge in [0.25, 0.3) is 5.91 Å². The predicted molar refractivity (Wildman–Crippen MR) is 118 cm³/mol. The molecule has 0 aliphatic rings. The maximum absolute atomic E-state index is 12.5. The van der Waals surface area contributed by atoms with Gasteiger partial charge in [0, 0.05) is 22.5 Å². The number of hydrogen-bond acceptors (Lipinski definition) is 6. The smallest absolute Gasteiger partial charge is 0.268 e. The normalized spacial score (nSPS) is 11.3. The van der Waals surface area contributed by atoms with Crippen LogP contribution in [0.2, 0.25) is 5.02 Å². The monoisotopic (exact) mass is 431 g/mol. The van der Waals surface area contributed by atoms with Crippen LogP contribution in [0.4, 0.5) is 5.13 Å². The van der Waals surface area contributed by atoms with Crippen molar-refractivity contribution in [3.63, 3.8) is 0 Å². The number of amides is 1. The van der Waals surface area contributed by atoms with Gasteiger partial charge in [0.2, 0.25) is 0 Å². The van der Waals surface area contributed by atoms with Gasteiger partial charge in [-0.1, -0.05) is 35.9 Å². The number of nitriles is 1. The largest absolute Gasteiger partial charge is 0.297 e. The first-order valence-electron chi connectivity index (χ1n) is 8.95. The van der Waals surface area contributed by atoms with Gasteiger partial charge in [0.1, 0.15) is 11.6 Å². The summed E-state index contributed by atoms with van der Waals surface area (Å²) in [4.78, 5) is 26.4. The molecule has 4 aromatic rings. The van der Waals surface area contributed by atoms with Gasteiger partial charge in [-0.25, -0.2) is 9.97 Å². The number of anilines is 1. The zero-order valence-corrected chi connectivity index (χ0v) is 17.1. The van der Waals surface area contributed by atoms with E-state index in [2.05, 4.69) is 20.3 Å². The highest BCUT2D eigenvalue weighted by Crippen LogP contribution is 2.23. The van der Waals surface area contributed by atoms with E-state index in [9.17, 15) is 10.1 Å². The van der Waals surface area contributed by atoms with E-state index < -0.39 is 5.91 Å². The predicted octanol–water partition coefficient (Wildman–Crippen LogP) is 4.88. The van der Waals surface area contributed by atoms with Crippen LogP contribution in [0, 0.1) is 11.3 Å². The fourth-order valence-corrected chi connectivity index (χ4v) is 3.85. The molecule has 0 aliphatic carbocycles. The Balaban J connectivity index is 1.48. The van der Waals surface area contributed by atoms with Crippen LogP contribution in [0.15, 0.2) is 66.5 Å². The molecule has 0 saturated heterocycles. The molecule has 4 rings (SSSR count). The van der Waals surface area contributed by atoms with Gasteiger partial charge in [-0.15, -0.1) is 11.3 Å². The quantitative estimate of drug-likeness (QED) is 0.359. The van der Waals surface area contributed by atoms with Crippen LogP contribution >= 0.6 is 22.9 Å². The third-order valence-electron chi connectivity index (χ3n) is 4.17. The van der Waals surface area contributed by atoms with Crippen LogP contribution in [0.3, 0.4) is 0 Å². The van der Waals surface area contributed by atoms with Crippen LogP contribution < -0.4 is 5.32 Å². The summed E-state index contributed by atoms with van der Waals surface area (Å²) in [5, 5.41) is 13.2. The van der Waals surface area contributed by atoms with Gasteiger partial charge in [-0.3, -0.25) is 15.1 Å². The van der Waals surface area contributed by atoms with Gasteiger partial charge in [0.05, 0.1) is 22.9 Å². The summed E-state index contributed by atoms with van der Waals surface area (Å²) in [6, 6.07) is 16.9. The molecule has 0 aliphatic heterocycles. The Morgan fingerprint density at radius 1 is 1.13 bits per heavy atom. The van der Waals surface area contributed by atoms with Crippen molar-refractivity contribution in [3.8, 4) is 6.07 Å². The third kappa shape index (κ3) is 4.69. The summed E-state index contributed by atoms with van der Waals surface area (Å²) in [6.45, 7) is 0. The minimum atomic E-state index is -0.545. The number of carbonyl (C=O) groups excluding carboxylic acids is 1. The molecule has 8 heteroatoms. The second kappa shape index (κ2) is 8.82. The second-order valence-corrected chi connectivity index (χ2v) is 7.90. The van der Waals surface area contributed by atoms with E-state index in [1.807, 2.05) is 54.6 Å². The summed E-state index contributed by atoms with van der Waals surface area (Å²) in [5.41, 5.74) is 2.84. The average Bonchev–Trinajstić information content (AvgIpc) is 3.18. The van der Waals surface area contributed by atoms with E-state index >= 15 is 0 Å². The van der Waals surface area contributed by atoms with Crippen molar-refractivity contribution >= 4 is 51.1 Å². The maximum Gasteiger partial charge on any atom is 0.268 e. The molecule has 0 spiro atoms. The molecule has 0 unspecified atom stereocenters. The number of hydrogen-bond donors (Lipinski definition) is 1. The second-order valence-electron chi connectivity index (χ2n) is 6.35. The molecule has 0 atom stereocenters. The molecule has 1 N–H and O–H groups in total. The van der Waals surface area contributed by atoms with Crippen molar-refractivity contribution < 1.29 is 4.79 Å². The number of halogens is 1. The van der Waals surface area contributed by atoms with Crippen LogP contribution in [0.5, 0.6) is 0 Å². The summed E-state index contributed by atoms with van der Waals surface area (Å²) in [6.07, 6.45) is 5.29. The molecule has 6 nitrogen and oxygen atoms in total. The van der Waals surface area contributed by atoms with Crippen molar-refractivity contribution in [2.45, 2.75) is 6.42 Å².